The number of Topliss-reactive ketones (excluding diaryl/α,β-unsaturated/α-hetero) is 1. The third-order valence-electron chi connectivity index (χ3n) is 4.18. The Morgan fingerprint density at radius 1 is 0.840 bits per heavy atom. The maximum absolute atomic E-state index is 10.6. The van der Waals surface area contributed by atoms with Crippen molar-refractivity contribution < 1.29 is 14.3 Å². The van der Waals surface area contributed by atoms with E-state index in [1.165, 1.54) is 11.1 Å². The highest BCUT2D eigenvalue weighted by molar-refractivity contribution is 5.75. The fraction of sp³-hybridized carbons (Fsp3) is 0.409. The molecule has 136 valence electrons. The van der Waals surface area contributed by atoms with Gasteiger partial charge in [-0.3, -0.25) is 0 Å². The summed E-state index contributed by atoms with van der Waals surface area (Å²) in [4.78, 5) is 10.6. The Hall–Kier alpha value is -1.97. The molecule has 3 nitrogen and oxygen atoms in total. The van der Waals surface area contributed by atoms with E-state index in [1.54, 1.807) is 21.1 Å². The minimum atomic E-state index is -0.462. The first-order valence-electron chi connectivity index (χ1n) is 8.66. The van der Waals surface area contributed by atoms with E-state index in [-0.39, 0.29) is 5.78 Å². The van der Waals surface area contributed by atoms with Crippen molar-refractivity contribution in [1.29, 1.82) is 0 Å². The highest BCUT2D eigenvalue weighted by Gasteiger charge is 2.21. The van der Waals surface area contributed by atoms with Crippen LogP contribution in [-0.2, 0) is 27.1 Å². The van der Waals surface area contributed by atoms with Crippen LogP contribution in [0.2, 0.25) is 0 Å². The fourth-order valence-electron chi connectivity index (χ4n) is 2.27. The average molecular weight is 342 g/mol. The van der Waals surface area contributed by atoms with Gasteiger partial charge >= 0.3 is 0 Å². The summed E-state index contributed by atoms with van der Waals surface area (Å²) in [5.74, 6) is -0.204. The van der Waals surface area contributed by atoms with Crippen molar-refractivity contribution in [2.75, 3.05) is 14.2 Å². The average Bonchev–Trinajstić information content (AvgIpc) is 2.66. The van der Waals surface area contributed by atoms with E-state index >= 15 is 0 Å². The van der Waals surface area contributed by atoms with Crippen LogP contribution in [0.25, 0.3) is 0 Å². The van der Waals surface area contributed by atoms with Gasteiger partial charge in [0.05, 0.1) is 0 Å². The van der Waals surface area contributed by atoms with E-state index in [1.807, 2.05) is 55.5 Å². The zero-order valence-electron chi connectivity index (χ0n) is 15.8. The zero-order valence-corrected chi connectivity index (χ0v) is 15.8. The van der Waals surface area contributed by atoms with E-state index in [0.717, 1.165) is 19.3 Å². The number of benzene rings is 2. The van der Waals surface area contributed by atoms with Gasteiger partial charge in [-0.1, -0.05) is 60.7 Å². The Morgan fingerprint density at radius 2 is 1.28 bits per heavy atom. The smallest absolute Gasteiger partial charge is 0.165 e. The predicted octanol–water partition coefficient (Wildman–Crippen LogP) is 4.84. The molecule has 0 spiro atoms. The van der Waals surface area contributed by atoms with Crippen LogP contribution in [-0.4, -0.2) is 25.8 Å². The van der Waals surface area contributed by atoms with Crippen LogP contribution in [0.5, 0.6) is 0 Å². The Bertz CT molecular complexity index is 589. The first-order chi connectivity index (χ1) is 12.0. The lowest BCUT2D eigenvalue weighted by molar-refractivity contribution is -0.196. The van der Waals surface area contributed by atoms with Crippen molar-refractivity contribution in [3.8, 4) is 0 Å². The van der Waals surface area contributed by atoms with Gasteiger partial charge in [0.2, 0.25) is 0 Å². The van der Waals surface area contributed by atoms with Crippen LogP contribution in [0.15, 0.2) is 60.7 Å². The van der Waals surface area contributed by atoms with Gasteiger partial charge in [0.1, 0.15) is 5.78 Å². The summed E-state index contributed by atoms with van der Waals surface area (Å²) in [5.41, 5.74) is 2.55. The van der Waals surface area contributed by atoms with Crippen LogP contribution in [0.3, 0.4) is 0 Å². The van der Waals surface area contributed by atoms with Crippen molar-refractivity contribution in [3.05, 3.63) is 71.8 Å². The molecular weight excluding hydrogens is 312 g/mol. The number of hydrogen-bond acceptors (Lipinski definition) is 3. The van der Waals surface area contributed by atoms with Crippen LogP contribution in [0.1, 0.15) is 37.8 Å². The number of aryl methyl sites for hydroxylation is 2. The summed E-state index contributed by atoms with van der Waals surface area (Å²) in [6.07, 6.45) is 3.36. The monoisotopic (exact) mass is 342 g/mol. The van der Waals surface area contributed by atoms with Crippen LogP contribution >= 0.6 is 0 Å². The molecular formula is C22H30O3. The summed E-state index contributed by atoms with van der Waals surface area (Å²) in [6, 6.07) is 20.4. The van der Waals surface area contributed by atoms with Gasteiger partial charge in [-0.05, 0) is 37.8 Å². The summed E-state index contributed by atoms with van der Waals surface area (Å²) < 4.78 is 10.6. The van der Waals surface area contributed by atoms with E-state index in [9.17, 15) is 4.79 Å². The molecule has 0 N–H and O–H groups in total. The van der Waals surface area contributed by atoms with Crippen molar-refractivity contribution in [2.24, 2.45) is 0 Å². The van der Waals surface area contributed by atoms with Crippen molar-refractivity contribution >= 4 is 5.78 Å². The molecule has 0 radical (unpaired) electrons. The lowest BCUT2D eigenvalue weighted by Crippen LogP contribution is -2.30. The number of methoxy groups -OCH3 is 2. The predicted molar refractivity (Wildman–Crippen MR) is 103 cm³/mol. The van der Waals surface area contributed by atoms with Crippen molar-refractivity contribution in [3.63, 3.8) is 0 Å². The van der Waals surface area contributed by atoms with Gasteiger partial charge < -0.3 is 14.3 Å². The lowest BCUT2D eigenvalue weighted by atomic mass is 10.1. The number of carbonyl (C=O) groups is 1. The minimum Gasteiger partial charge on any atom is -0.353 e. The minimum absolute atomic E-state index is 0.258. The second-order valence-electron chi connectivity index (χ2n) is 6.22. The third kappa shape index (κ3) is 9.18. The molecule has 0 bridgehead atoms. The molecule has 0 aliphatic rings. The largest absolute Gasteiger partial charge is 0.353 e. The molecule has 2 rings (SSSR count). The number of carbonyl (C=O) groups excluding carboxylic acids is 1. The maximum Gasteiger partial charge on any atom is 0.165 e. The summed E-state index contributed by atoms with van der Waals surface area (Å²) in [5, 5.41) is 0. The maximum atomic E-state index is 10.6. The quantitative estimate of drug-likeness (QED) is 0.644. The molecule has 2 aromatic carbocycles. The van der Waals surface area contributed by atoms with Crippen molar-refractivity contribution in [2.45, 2.75) is 45.3 Å². The SMILES string of the molecule is CC(=O)CCc1ccccc1.COC(C)(CCc1ccccc1)OC. The Morgan fingerprint density at radius 3 is 1.68 bits per heavy atom. The number of ketones is 1. The third-order valence-corrected chi connectivity index (χ3v) is 4.18. The van der Waals surface area contributed by atoms with Gasteiger partial charge in [-0.2, -0.15) is 0 Å². The molecule has 0 amide bonds. The second kappa shape index (κ2) is 11.6. The number of hydrogen-bond donors (Lipinski definition) is 0. The molecule has 0 unspecified atom stereocenters. The van der Waals surface area contributed by atoms with E-state index in [0.29, 0.717) is 6.42 Å². The van der Waals surface area contributed by atoms with Gasteiger partial charge in [0, 0.05) is 27.1 Å². The number of ether oxygens (including phenoxy) is 2. The summed E-state index contributed by atoms with van der Waals surface area (Å²) in [7, 11) is 3.35. The first kappa shape index (κ1) is 21.1. The van der Waals surface area contributed by atoms with Gasteiger partial charge in [0.25, 0.3) is 0 Å². The van der Waals surface area contributed by atoms with Crippen LogP contribution < -0.4 is 0 Å². The molecule has 3 heteroatoms. The van der Waals surface area contributed by atoms with E-state index in [2.05, 4.69) is 12.1 Å². The van der Waals surface area contributed by atoms with Crippen molar-refractivity contribution in [1.82, 2.24) is 0 Å². The fourth-order valence-corrected chi connectivity index (χ4v) is 2.27. The topological polar surface area (TPSA) is 35.5 Å². The molecule has 0 atom stereocenters. The standard InChI is InChI=1S/C12H18O2.C10H12O/c1-12(13-2,14-3)10-9-11-7-5-4-6-8-11;1-9(11)7-8-10-5-3-2-4-6-10/h4-8H,9-10H2,1-3H3;2-6H,7-8H2,1H3. The first-order valence-corrected chi connectivity index (χ1v) is 8.66. The molecule has 0 aliphatic carbocycles. The molecule has 0 aromatic heterocycles. The second-order valence-corrected chi connectivity index (χ2v) is 6.22. The lowest BCUT2D eigenvalue weighted by Gasteiger charge is -2.26. The highest BCUT2D eigenvalue weighted by atomic mass is 16.7. The van der Waals surface area contributed by atoms with Crippen LogP contribution in [0.4, 0.5) is 0 Å². The summed E-state index contributed by atoms with van der Waals surface area (Å²) in [6.45, 7) is 3.58. The zero-order chi connectivity index (χ0) is 18.5. The normalized spacial score (nSPS) is 10.7. The van der Waals surface area contributed by atoms with Gasteiger partial charge in [-0.15, -0.1) is 0 Å². The molecule has 0 aliphatic heterocycles. The molecule has 2 aromatic rings. The highest BCUT2D eigenvalue weighted by Crippen LogP contribution is 2.18. The molecule has 0 heterocycles. The Kier molecular flexibility index (Phi) is 9.75. The molecule has 0 fully saturated rings. The molecule has 25 heavy (non-hydrogen) atoms. The number of rotatable bonds is 8. The Labute approximate surface area is 152 Å². The Balaban J connectivity index is 0.000000257. The molecule has 0 saturated carbocycles. The van der Waals surface area contributed by atoms with Gasteiger partial charge in [-0.25, -0.2) is 0 Å². The molecule has 0 saturated heterocycles. The summed E-state index contributed by atoms with van der Waals surface area (Å²) >= 11 is 0. The van der Waals surface area contributed by atoms with Gasteiger partial charge in [0.15, 0.2) is 5.79 Å². The van der Waals surface area contributed by atoms with E-state index in [4.69, 9.17) is 9.47 Å². The van der Waals surface area contributed by atoms with E-state index < -0.39 is 5.79 Å². The van der Waals surface area contributed by atoms with Crippen LogP contribution in [0, 0.1) is 0 Å².